The molecule has 1 saturated carbocycles. The SMILES string of the molecule is CCN(C(=O)Cn1cc([N+](=O)[O-])cc(C(=O)OC)c1=O)C1CC1. The van der Waals surface area contributed by atoms with E-state index in [2.05, 4.69) is 4.74 Å². The zero-order valence-electron chi connectivity index (χ0n) is 12.9. The molecule has 0 spiro atoms. The Hall–Kier alpha value is -2.71. The van der Waals surface area contributed by atoms with Crippen molar-refractivity contribution >= 4 is 17.6 Å². The molecule has 1 aromatic heterocycles. The Morgan fingerprint density at radius 3 is 2.61 bits per heavy atom. The maximum atomic E-state index is 12.3. The standard InChI is InChI=1S/C14H17N3O6/c1-3-16(9-4-5-9)12(18)8-15-7-10(17(21)22)6-11(13(15)19)14(20)23-2/h6-7,9H,3-5,8H2,1-2H3. The van der Waals surface area contributed by atoms with Crippen LogP contribution in [-0.2, 0) is 16.1 Å². The third-order valence-electron chi connectivity index (χ3n) is 3.64. The smallest absolute Gasteiger partial charge is 0.343 e. The molecule has 0 N–H and O–H groups in total. The van der Waals surface area contributed by atoms with Crippen LogP contribution in [0.5, 0.6) is 0 Å². The summed E-state index contributed by atoms with van der Waals surface area (Å²) in [5.74, 6) is -1.29. The van der Waals surface area contributed by atoms with Gasteiger partial charge in [-0.25, -0.2) is 4.79 Å². The number of aromatic nitrogens is 1. The number of likely N-dealkylation sites (N-methyl/N-ethyl adjacent to an activating group) is 1. The molecule has 0 unspecified atom stereocenters. The number of nitro groups is 1. The third-order valence-corrected chi connectivity index (χ3v) is 3.64. The van der Waals surface area contributed by atoms with Crippen molar-refractivity contribution < 1.29 is 19.2 Å². The van der Waals surface area contributed by atoms with E-state index in [0.29, 0.717) is 6.54 Å². The number of carbonyl (C=O) groups excluding carboxylic acids is 2. The minimum atomic E-state index is -0.977. The molecule has 0 radical (unpaired) electrons. The van der Waals surface area contributed by atoms with Crippen molar-refractivity contribution in [2.45, 2.75) is 32.4 Å². The second-order valence-electron chi connectivity index (χ2n) is 5.20. The number of amides is 1. The highest BCUT2D eigenvalue weighted by atomic mass is 16.6. The Labute approximate surface area is 131 Å². The Balaban J connectivity index is 2.38. The second-order valence-corrected chi connectivity index (χ2v) is 5.20. The molecule has 0 aliphatic heterocycles. The number of carbonyl (C=O) groups is 2. The molecular formula is C14H17N3O6. The fourth-order valence-corrected chi connectivity index (χ4v) is 2.35. The van der Waals surface area contributed by atoms with Gasteiger partial charge in [0.25, 0.3) is 11.2 Å². The van der Waals surface area contributed by atoms with E-state index in [-0.39, 0.29) is 18.5 Å². The van der Waals surface area contributed by atoms with Crippen LogP contribution in [0.15, 0.2) is 17.1 Å². The molecule has 1 heterocycles. The Kier molecular flexibility index (Phi) is 4.77. The van der Waals surface area contributed by atoms with E-state index in [1.54, 1.807) is 4.90 Å². The highest BCUT2D eigenvalue weighted by molar-refractivity contribution is 5.89. The van der Waals surface area contributed by atoms with Crippen molar-refractivity contribution in [2.24, 2.45) is 0 Å². The van der Waals surface area contributed by atoms with Gasteiger partial charge in [0.1, 0.15) is 12.1 Å². The number of pyridine rings is 1. The first-order chi connectivity index (χ1) is 10.9. The quantitative estimate of drug-likeness (QED) is 0.429. The summed E-state index contributed by atoms with van der Waals surface area (Å²) in [6.45, 7) is 1.97. The Morgan fingerprint density at radius 2 is 2.13 bits per heavy atom. The van der Waals surface area contributed by atoms with Gasteiger partial charge >= 0.3 is 5.97 Å². The molecule has 1 fully saturated rings. The van der Waals surface area contributed by atoms with Crippen LogP contribution in [0, 0.1) is 10.1 Å². The molecule has 23 heavy (non-hydrogen) atoms. The van der Waals surface area contributed by atoms with Crippen LogP contribution >= 0.6 is 0 Å². The minimum absolute atomic E-state index is 0.168. The molecule has 1 amide bonds. The molecule has 9 heteroatoms. The minimum Gasteiger partial charge on any atom is -0.465 e. The van der Waals surface area contributed by atoms with Gasteiger partial charge in [-0.1, -0.05) is 0 Å². The first-order valence-electron chi connectivity index (χ1n) is 7.15. The lowest BCUT2D eigenvalue weighted by Crippen LogP contribution is -2.38. The zero-order valence-corrected chi connectivity index (χ0v) is 12.9. The average Bonchev–Trinajstić information content (AvgIpc) is 3.33. The maximum Gasteiger partial charge on any atom is 0.343 e. The normalized spacial score (nSPS) is 13.5. The fourth-order valence-electron chi connectivity index (χ4n) is 2.35. The van der Waals surface area contributed by atoms with E-state index in [9.17, 15) is 24.5 Å². The van der Waals surface area contributed by atoms with Crippen LogP contribution in [-0.4, -0.2) is 46.0 Å². The first-order valence-corrected chi connectivity index (χ1v) is 7.15. The molecule has 0 bridgehead atoms. The van der Waals surface area contributed by atoms with Crippen molar-refractivity contribution in [3.63, 3.8) is 0 Å². The molecule has 9 nitrogen and oxygen atoms in total. The molecule has 2 rings (SSSR count). The van der Waals surface area contributed by atoms with Crippen LogP contribution in [0.1, 0.15) is 30.1 Å². The van der Waals surface area contributed by atoms with Crippen molar-refractivity contribution in [2.75, 3.05) is 13.7 Å². The van der Waals surface area contributed by atoms with Crippen molar-refractivity contribution in [1.82, 2.24) is 9.47 Å². The van der Waals surface area contributed by atoms with Gasteiger partial charge in [0, 0.05) is 18.7 Å². The van der Waals surface area contributed by atoms with Crippen LogP contribution < -0.4 is 5.56 Å². The number of esters is 1. The predicted molar refractivity (Wildman–Crippen MR) is 79.1 cm³/mol. The monoisotopic (exact) mass is 323 g/mol. The summed E-state index contributed by atoms with van der Waals surface area (Å²) < 4.78 is 5.35. The van der Waals surface area contributed by atoms with Crippen molar-refractivity contribution in [3.05, 3.63) is 38.3 Å². The van der Waals surface area contributed by atoms with E-state index >= 15 is 0 Å². The molecule has 0 aromatic carbocycles. The fraction of sp³-hybridized carbons (Fsp3) is 0.500. The van der Waals surface area contributed by atoms with Crippen LogP contribution in [0.4, 0.5) is 5.69 Å². The number of ether oxygens (including phenoxy) is 1. The van der Waals surface area contributed by atoms with Gasteiger partial charge < -0.3 is 9.64 Å². The topological polar surface area (TPSA) is 112 Å². The predicted octanol–water partition coefficient (Wildman–Crippen LogP) is 0.554. The van der Waals surface area contributed by atoms with Gasteiger partial charge in [-0.3, -0.25) is 24.3 Å². The van der Waals surface area contributed by atoms with Gasteiger partial charge in [0.2, 0.25) is 5.91 Å². The Bertz CT molecular complexity index is 707. The maximum absolute atomic E-state index is 12.3. The lowest BCUT2D eigenvalue weighted by atomic mass is 10.2. The van der Waals surface area contributed by atoms with Crippen LogP contribution in [0.3, 0.4) is 0 Å². The number of hydrogen-bond donors (Lipinski definition) is 0. The van der Waals surface area contributed by atoms with Crippen molar-refractivity contribution in [1.29, 1.82) is 0 Å². The third kappa shape index (κ3) is 3.55. The molecule has 124 valence electrons. The van der Waals surface area contributed by atoms with E-state index in [0.717, 1.165) is 36.8 Å². The summed E-state index contributed by atoms with van der Waals surface area (Å²) in [5, 5.41) is 11.0. The summed E-state index contributed by atoms with van der Waals surface area (Å²) in [7, 11) is 1.07. The average molecular weight is 323 g/mol. The summed E-state index contributed by atoms with van der Waals surface area (Å²) >= 11 is 0. The van der Waals surface area contributed by atoms with Gasteiger partial charge in [-0.2, -0.15) is 0 Å². The van der Waals surface area contributed by atoms with Gasteiger partial charge in [0.05, 0.1) is 18.2 Å². The molecule has 1 aromatic rings. The Morgan fingerprint density at radius 1 is 1.48 bits per heavy atom. The van der Waals surface area contributed by atoms with E-state index in [1.165, 1.54) is 0 Å². The second kappa shape index (κ2) is 6.59. The first kappa shape index (κ1) is 16.7. The van der Waals surface area contributed by atoms with E-state index < -0.39 is 27.7 Å². The van der Waals surface area contributed by atoms with Crippen molar-refractivity contribution in [3.8, 4) is 0 Å². The van der Waals surface area contributed by atoms with Gasteiger partial charge in [-0.05, 0) is 19.8 Å². The summed E-state index contributed by atoms with van der Waals surface area (Å²) in [4.78, 5) is 48.0. The summed E-state index contributed by atoms with van der Waals surface area (Å²) in [6.07, 6.45) is 2.79. The highest BCUT2D eigenvalue weighted by Crippen LogP contribution is 2.26. The number of hydrogen-bond acceptors (Lipinski definition) is 6. The van der Waals surface area contributed by atoms with Crippen LogP contribution in [0.25, 0.3) is 0 Å². The van der Waals surface area contributed by atoms with E-state index in [4.69, 9.17) is 0 Å². The lowest BCUT2D eigenvalue weighted by Gasteiger charge is -2.20. The highest BCUT2D eigenvalue weighted by Gasteiger charge is 2.31. The largest absolute Gasteiger partial charge is 0.465 e. The summed E-state index contributed by atoms with van der Waals surface area (Å²) in [6, 6.07) is 1.02. The lowest BCUT2D eigenvalue weighted by molar-refractivity contribution is -0.385. The molecule has 1 aliphatic carbocycles. The van der Waals surface area contributed by atoms with E-state index in [1.807, 2.05) is 6.92 Å². The molecule has 1 aliphatic rings. The number of methoxy groups -OCH3 is 1. The van der Waals surface area contributed by atoms with Crippen LogP contribution in [0.2, 0.25) is 0 Å². The summed E-state index contributed by atoms with van der Waals surface area (Å²) in [5.41, 5.74) is -1.71. The molecule has 0 atom stereocenters. The number of nitrogens with zero attached hydrogens (tertiary/aromatic N) is 3. The number of rotatable bonds is 6. The zero-order chi connectivity index (χ0) is 17.1. The van der Waals surface area contributed by atoms with Gasteiger partial charge in [-0.15, -0.1) is 0 Å². The van der Waals surface area contributed by atoms with Gasteiger partial charge in [0.15, 0.2) is 0 Å². The molecule has 0 saturated heterocycles. The molecular weight excluding hydrogens is 306 g/mol.